The van der Waals surface area contributed by atoms with Crippen molar-refractivity contribution < 1.29 is 9.59 Å². The number of fused-ring (bicyclic) bond motifs is 1. The summed E-state index contributed by atoms with van der Waals surface area (Å²) in [7, 11) is 1.83. The average Bonchev–Trinajstić information content (AvgIpc) is 3.03. The molecule has 0 aliphatic carbocycles. The van der Waals surface area contributed by atoms with E-state index >= 15 is 0 Å². The summed E-state index contributed by atoms with van der Waals surface area (Å²) < 4.78 is 0. The Morgan fingerprint density at radius 3 is 2.75 bits per heavy atom. The van der Waals surface area contributed by atoms with Crippen LogP contribution >= 0.6 is 11.3 Å². The van der Waals surface area contributed by atoms with E-state index in [0.717, 1.165) is 10.6 Å². The van der Waals surface area contributed by atoms with Crippen LogP contribution < -0.4 is 10.2 Å². The quantitative estimate of drug-likeness (QED) is 0.869. The van der Waals surface area contributed by atoms with Crippen molar-refractivity contribution in [3.63, 3.8) is 0 Å². The highest BCUT2D eigenvalue weighted by Crippen LogP contribution is 2.31. The standard InChI is InChI=1S/C13H12N4O2S/c1-7(14-2)10-6-20-13(16-10)17-11(18)8-3-4-15-5-9(8)12(17)19/h3-7,14H,1-2H3. The van der Waals surface area contributed by atoms with E-state index in [1.165, 1.54) is 23.7 Å². The Morgan fingerprint density at radius 1 is 1.30 bits per heavy atom. The lowest BCUT2D eigenvalue weighted by molar-refractivity contribution is 0.0926. The highest BCUT2D eigenvalue weighted by molar-refractivity contribution is 7.14. The fourth-order valence-corrected chi connectivity index (χ4v) is 2.90. The van der Waals surface area contributed by atoms with Gasteiger partial charge in [0.15, 0.2) is 5.13 Å². The lowest BCUT2D eigenvalue weighted by atomic mass is 10.2. The summed E-state index contributed by atoms with van der Waals surface area (Å²) in [6.45, 7) is 1.96. The monoisotopic (exact) mass is 288 g/mol. The number of amides is 2. The number of anilines is 1. The highest BCUT2D eigenvalue weighted by atomic mass is 32.1. The zero-order valence-corrected chi connectivity index (χ0v) is 11.8. The fourth-order valence-electron chi connectivity index (χ4n) is 1.98. The van der Waals surface area contributed by atoms with Crippen molar-refractivity contribution in [2.75, 3.05) is 11.9 Å². The van der Waals surface area contributed by atoms with Crippen molar-refractivity contribution in [1.29, 1.82) is 0 Å². The van der Waals surface area contributed by atoms with Gasteiger partial charge in [0.1, 0.15) is 0 Å². The number of imide groups is 1. The van der Waals surface area contributed by atoms with E-state index in [4.69, 9.17) is 0 Å². The molecular formula is C13H12N4O2S. The third kappa shape index (κ3) is 1.83. The van der Waals surface area contributed by atoms with Gasteiger partial charge in [-0.05, 0) is 20.0 Å². The molecule has 2 amide bonds. The summed E-state index contributed by atoms with van der Waals surface area (Å²) in [5.74, 6) is -0.707. The van der Waals surface area contributed by atoms with Crippen LogP contribution in [0.4, 0.5) is 5.13 Å². The molecule has 3 rings (SSSR count). The maximum absolute atomic E-state index is 12.3. The maximum atomic E-state index is 12.3. The molecule has 0 spiro atoms. The van der Waals surface area contributed by atoms with E-state index in [0.29, 0.717) is 16.3 Å². The first kappa shape index (κ1) is 12.9. The minimum atomic E-state index is -0.365. The van der Waals surface area contributed by atoms with E-state index in [1.54, 1.807) is 6.07 Å². The zero-order chi connectivity index (χ0) is 14.3. The number of hydrogen-bond acceptors (Lipinski definition) is 6. The SMILES string of the molecule is CNC(C)c1csc(N2C(=O)c3ccncc3C2=O)n1. The summed E-state index contributed by atoms with van der Waals surface area (Å²) in [5.41, 5.74) is 1.52. The Kier molecular flexibility index (Phi) is 3.07. The van der Waals surface area contributed by atoms with Crippen molar-refractivity contribution in [3.05, 3.63) is 40.7 Å². The summed E-state index contributed by atoms with van der Waals surface area (Å²) in [4.78, 5) is 33.9. The molecule has 1 atom stereocenters. The zero-order valence-electron chi connectivity index (χ0n) is 11.0. The minimum Gasteiger partial charge on any atom is -0.312 e. The largest absolute Gasteiger partial charge is 0.312 e. The maximum Gasteiger partial charge on any atom is 0.269 e. The molecule has 2 aromatic rings. The first-order valence-corrected chi connectivity index (χ1v) is 6.97. The summed E-state index contributed by atoms with van der Waals surface area (Å²) in [5, 5.41) is 5.31. The van der Waals surface area contributed by atoms with Gasteiger partial charge in [-0.1, -0.05) is 0 Å². The Morgan fingerprint density at radius 2 is 2.05 bits per heavy atom. The van der Waals surface area contributed by atoms with Crippen molar-refractivity contribution in [2.45, 2.75) is 13.0 Å². The number of aromatic nitrogens is 2. The van der Waals surface area contributed by atoms with Crippen molar-refractivity contribution in [3.8, 4) is 0 Å². The van der Waals surface area contributed by atoms with Crippen LogP contribution in [0.3, 0.4) is 0 Å². The smallest absolute Gasteiger partial charge is 0.269 e. The van der Waals surface area contributed by atoms with Gasteiger partial charge in [0.2, 0.25) is 0 Å². The van der Waals surface area contributed by atoms with Gasteiger partial charge in [-0.15, -0.1) is 11.3 Å². The number of thiazole rings is 1. The molecule has 7 heteroatoms. The van der Waals surface area contributed by atoms with Crippen LogP contribution in [-0.2, 0) is 0 Å². The van der Waals surface area contributed by atoms with Crippen LogP contribution in [0.15, 0.2) is 23.8 Å². The normalized spacial score (nSPS) is 15.6. The molecule has 0 saturated heterocycles. The molecule has 0 saturated carbocycles. The Hall–Kier alpha value is -2.12. The van der Waals surface area contributed by atoms with E-state index in [9.17, 15) is 9.59 Å². The number of nitrogens with one attached hydrogen (secondary N) is 1. The van der Waals surface area contributed by atoms with Crippen LogP contribution in [0.5, 0.6) is 0 Å². The molecule has 0 aromatic carbocycles. The Bertz CT molecular complexity index is 662. The molecule has 0 fully saturated rings. The number of rotatable bonds is 3. The van der Waals surface area contributed by atoms with Gasteiger partial charge in [-0.25, -0.2) is 9.88 Å². The number of hydrogen-bond donors (Lipinski definition) is 1. The van der Waals surface area contributed by atoms with Crippen LogP contribution in [-0.4, -0.2) is 28.8 Å². The fraction of sp³-hybridized carbons (Fsp3) is 0.231. The summed E-state index contributed by atoms with van der Waals surface area (Å²) in [6, 6.07) is 1.62. The Balaban J connectivity index is 1.99. The number of carbonyl (C=O) groups excluding carboxylic acids is 2. The number of pyridine rings is 1. The molecule has 1 aliphatic heterocycles. The number of carbonyl (C=O) groups is 2. The second-order valence-electron chi connectivity index (χ2n) is 4.43. The van der Waals surface area contributed by atoms with Crippen LogP contribution in [0.25, 0.3) is 0 Å². The van der Waals surface area contributed by atoms with E-state index in [1.807, 2.05) is 19.4 Å². The second kappa shape index (κ2) is 4.77. The van der Waals surface area contributed by atoms with Gasteiger partial charge >= 0.3 is 0 Å². The van der Waals surface area contributed by atoms with Gasteiger partial charge in [0.05, 0.1) is 16.8 Å². The predicted octanol–water partition coefficient (Wildman–Crippen LogP) is 1.62. The first-order chi connectivity index (χ1) is 9.63. The van der Waals surface area contributed by atoms with Crippen LogP contribution in [0.2, 0.25) is 0 Å². The third-order valence-electron chi connectivity index (χ3n) is 3.27. The van der Waals surface area contributed by atoms with Crippen LogP contribution in [0.1, 0.15) is 39.4 Å². The van der Waals surface area contributed by atoms with Gasteiger partial charge in [-0.3, -0.25) is 14.6 Å². The lowest BCUT2D eigenvalue weighted by Gasteiger charge is -2.09. The van der Waals surface area contributed by atoms with Gasteiger partial charge < -0.3 is 5.32 Å². The first-order valence-electron chi connectivity index (χ1n) is 6.09. The molecule has 0 bridgehead atoms. The predicted molar refractivity (Wildman–Crippen MR) is 75.0 cm³/mol. The number of nitrogens with zero attached hydrogens (tertiary/aromatic N) is 3. The molecule has 2 aromatic heterocycles. The topological polar surface area (TPSA) is 75.2 Å². The molecule has 102 valence electrons. The average molecular weight is 288 g/mol. The molecule has 3 heterocycles. The highest BCUT2D eigenvalue weighted by Gasteiger charge is 2.38. The molecule has 20 heavy (non-hydrogen) atoms. The summed E-state index contributed by atoms with van der Waals surface area (Å²) in [6.07, 6.45) is 2.92. The lowest BCUT2D eigenvalue weighted by Crippen LogP contribution is -2.29. The molecule has 1 unspecified atom stereocenters. The second-order valence-corrected chi connectivity index (χ2v) is 5.27. The van der Waals surface area contributed by atoms with E-state index in [-0.39, 0.29) is 17.9 Å². The molecule has 6 nitrogen and oxygen atoms in total. The van der Waals surface area contributed by atoms with Gasteiger partial charge in [-0.2, -0.15) is 0 Å². The van der Waals surface area contributed by atoms with Crippen molar-refractivity contribution in [2.24, 2.45) is 0 Å². The van der Waals surface area contributed by atoms with E-state index in [2.05, 4.69) is 15.3 Å². The molecule has 1 N–H and O–H groups in total. The van der Waals surface area contributed by atoms with E-state index < -0.39 is 0 Å². The van der Waals surface area contributed by atoms with Crippen LogP contribution in [0, 0.1) is 0 Å². The minimum absolute atomic E-state index is 0.0665. The van der Waals surface area contributed by atoms with Crippen molar-refractivity contribution >= 4 is 28.3 Å². The summed E-state index contributed by atoms with van der Waals surface area (Å²) >= 11 is 1.28. The molecule has 0 radical (unpaired) electrons. The molecular weight excluding hydrogens is 276 g/mol. The van der Waals surface area contributed by atoms with Gasteiger partial charge in [0.25, 0.3) is 11.8 Å². The molecule has 1 aliphatic rings. The van der Waals surface area contributed by atoms with Gasteiger partial charge in [0, 0.05) is 23.8 Å². The van der Waals surface area contributed by atoms with Crippen molar-refractivity contribution in [1.82, 2.24) is 15.3 Å². The third-order valence-corrected chi connectivity index (χ3v) is 4.11. The Labute approximate surface area is 119 Å².